The van der Waals surface area contributed by atoms with Gasteiger partial charge in [-0.05, 0) is 30.2 Å². The van der Waals surface area contributed by atoms with Gasteiger partial charge in [0.15, 0.2) is 0 Å². The maximum absolute atomic E-state index is 12.4. The number of carbonyl (C=O) groups excluding carboxylic acids is 2. The van der Waals surface area contributed by atoms with Crippen molar-refractivity contribution in [3.63, 3.8) is 0 Å². The van der Waals surface area contributed by atoms with E-state index in [1.165, 1.54) is 0 Å². The molecule has 0 aliphatic heterocycles. The van der Waals surface area contributed by atoms with Crippen LogP contribution in [-0.4, -0.2) is 29.6 Å². The lowest BCUT2D eigenvalue weighted by atomic mass is 10.0. The summed E-state index contributed by atoms with van der Waals surface area (Å²) in [5, 5.41) is 15.5. The third-order valence-electron chi connectivity index (χ3n) is 4.23. The maximum Gasteiger partial charge on any atom is 0.255 e. The second-order valence-electron chi connectivity index (χ2n) is 6.03. The minimum absolute atomic E-state index is 0.105. The van der Waals surface area contributed by atoms with Crippen molar-refractivity contribution < 1.29 is 14.7 Å². The molecule has 0 fully saturated rings. The van der Waals surface area contributed by atoms with Crippen LogP contribution in [0.1, 0.15) is 41.0 Å². The van der Waals surface area contributed by atoms with Crippen LogP contribution in [0.5, 0.6) is 0 Å². The van der Waals surface area contributed by atoms with E-state index in [0.29, 0.717) is 16.8 Å². The Hall–Kier alpha value is -2.66. The highest BCUT2D eigenvalue weighted by Gasteiger charge is 2.17. The maximum atomic E-state index is 12.4. The van der Waals surface area contributed by atoms with E-state index in [1.54, 1.807) is 48.5 Å². The highest BCUT2D eigenvalue weighted by Crippen LogP contribution is 2.16. The summed E-state index contributed by atoms with van der Waals surface area (Å²) < 4.78 is 0. The molecule has 0 spiro atoms. The highest BCUT2D eigenvalue weighted by molar-refractivity contribution is 6.08. The quantitative estimate of drug-likeness (QED) is 0.725. The Kier molecular flexibility index (Phi) is 6.71. The van der Waals surface area contributed by atoms with E-state index in [4.69, 9.17) is 0 Å². The number of anilines is 1. The zero-order valence-electron chi connectivity index (χ0n) is 14.5. The standard InChI is InChI=1S/C20H24N2O3/c1-3-14(2)18(23)13-21-20(25)16-11-7-8-12-17(16)22-19(24)15-9-5-4-6-10-15/h4-12,14,18,23H,3,13H2,1-2H3,(H,21,25)(H,22,24). The molecule has 2 aromatic rings. The number of nitrogens with one attached hydrogen (secondary N) is 2. The molecular formula is C20H24N2O3. The van der Waals surface area contributed by atoms with Crippen molar-refractivity contribution >= 4 is 17.5 Å². The fraction of sp³-hybridized carbons (Fsp3) is 0.300. The normalized spacial score (nSPS) is 12.9. The average molecular weight is 340 g/mol. The number of carbonyl (C=O) groups is 2. The zero-order chi connectivity index (χ0) is 18.2. The lowest BCUT2D eigenvalue weighted by Gasteiger charge is -2.18. The summed E-state index contributed by atoms with van der Waals surface area (Å²) in [5.74, 6) is -0.500. The molecule has 0 radical (unpaired) electrons. The predicted molar refractivity (Wildman–Crippen MR) is 98.6 cm³/mol. The molecule has 0 aromatic heterocycles. The number of aliphatic hydroxyl groups excluding tert-OH is 1. The summed E-state index contributed by atoms with van der Waals surface area (Å²) in [6, 6.07) is 15.6. The SMILES string of the molecule is CCC(C)C(O)CNC(=O)c1ccccc1NC(=O)c1ccccc1. The Morgan fingerprint density at radius 2 is 1.64 bits per heavy atom. The van der Waals surface area contributed by atoms with Gasteiger partial charge in [-0.2, -0.15) is 0 Å². The van der Waals surface area contributed by atoms with Crippen molar-refractivity contribution in [1.82, 2.24) is 5.32 Å². The van der Waals surface area contributed by atoms with Gasteiger partial charge in [-0.15, -0.1) is 0 Å². The van der Waals surface area contributed by atoms with Gasteiger partial charge in [0.2, 0.25) is 0 Å². The van der Waals surface area contributed by atoms with Crippen LogP contribution in [0.3, 0.4) is 0 Å². The van der Waals surface area contributed by atoms with Gasteiger partial charge in [-0.3, -0.25) is 9.59 Å². The number of hydrogen-bond acceptors (Lipinski definition) is 3. The lowest BCUT2D eigenvalue weighted by molar-refractivity contribution is 0.0851. The molecule has 0 aliphatic carbocycles. The fourth-order valence-electron chi connectivity index (χ4n) is 2.34. The molecule has 25 heavy (non-hydrogen) atoms. The first kappa shape index (κ1) is 18.7. The minimum Gasteiger partial charge on any atom is -0.391 e. The molecule has 132 valence electrons. The Morgan fingerprint density at radius 3 is 2.32 bits per heavy atom. The lowest BCUT2D eigenvalue weighted by Crippen LogP contribution is -2.35. The number of para-hydroxylation sites is 1. The van der Waals surface area contributed by atoms with Crippen LogP contribution in [0.15, 0.2) is 54.6 Å². The van der Waals surface area contributed by atoms with Crippen molar-refractivity contribution in [2.45, 2.75) is 26.4 Å². The van der Waals surface area contributed by atoms with Crippen LogP contribution in [0.4, 0.5) is 5.69 Å². The van der Waals surface area contributed by atoms with Gasteiger partial charge in [0.25, 0.3) is 11.8 Å². The van der Waals surface area contributed by atoms with Crippen LogP contribution in [0, 0.1) is 5.92 Å². The van der Waals surface area contributed by atoms with Crippen LogP contribution < -0.4 is 10.6 Å². The van der Waals surface area contributed by atoms with Crippen molar-refractivity contribution in [2.75, 3.05) is 11.9 Å². The number of hydrogen-bond donors (Lipinski definition) is 3. The highest BCUT2D eigenvalue weighted by atomic mass is 16.3. The summed E-state index contributed by atoms with van der Waals surface area (Å²) >= 11 is 0. The first-order valence-electron chi connectivity index (χ1n) is 8.44. The van der Waals surface area contributed by atoms with Gasteiger partial charge < -0.3 is 15.7 Å². The number of amides is 2. The minimum atomic E-state index is -0.597. The van der Waals surface area contributed by atoms with Crippen LogP contribution in [0.25, 0.3) is 0 Å². The first-order chi connectivity index (χ1) is 12.0. The molecule has 0 heterocycles. The van der Waals surface area contributed by atoms with Crippen LogP contribution in [-0.2, 0) is 0 Å². The van der Waals surface area contributed by atoms with Crippen LogP contribution in [0.2, 0.25) is 0 Å². The molecular weight excluding hydrogens is 316 g/mol. The van der Waals surface area contributed by atoms with Crippen LogP contribution >= 0.6 is 0 Å². The molecule has 2 rings (SSSR count). The Labute approximate surface area is 148 Å². The third-order valence-corrected chi connectivity index (χ3v) is 4.23. The Bertz CT molecular complexity index is 716. The van der Waals surface area contributed by atoms with Crippen molar-refractivity contribution in [2.24, 2.45) is 5.92 Å². The first-order valence-corrected chi connectivity index (χ1v) is 8.44. The monoisotopic (exact) mass is 340 g/mol. The van der Waals surface area contributed by atoms with E-state index in [9.17, 15) is 14.7 Å². The Balaban J connectivity index is 2.07. The van der Waals surface area contributed by atoms with Crippen molar-refractivity contribution in [1.29, 1.82) is 0 Å². The largest absolute Gasteiger partial charge is 0.391 e. The molecule has 5 heteroatoms. The topological polar surface area (TPSA) is 78.4 Å². The van der Waals surface area contributed by atoms with Gasteiger partial charge in [-0.1, -0.05) is 50.6 Å². The number of aliphatic hydroxyl groups is 1. The molecule has 0 saturated heterocycles. The summed E-state index contributed by atoms with van der Waals surface area (Å²) in [5.41, 5.74) is 1.32. The van der Waals surface area contributed by atoms with E-state index >= 15 is 0 Å². The molecule has 2 amide bonds. The van der Waals surface area contributed by atoms with E-state index in [0.717, 1.165) is 6.42 Å². The molecule has 0 saturated carbocycles. The smallest absolute Gasteiger partial charge is 0.255 e. The summed E-state index contributed by atoms with van der Waals surface area (Å²) in [6.45, 7) is 4.10. The van der Waals surface area contributed by atoms with Crippen molar-refractivity contribution in [3.8, 4) is 0 Å². The molecule has 5 nitrogen and oxygen atoms in total. The second kappa shape index (κ2) is 8.99. The Morgan fingerprint density at radius 1 is 1.00 bits per heavy atom. The van der Waals surface area contributed by atoms with Gasteiger partial charge >= 0.3 is 0 Å². The predicted octanol–water partition coefficient (Wildman–Crippen LogP) is 3.08. The second-order valence-corrected chi connectivity index (χ2v) is 6.03. The zero-order valence-corrected chi connectivity index (χ0v) is 14.5. The van der Waals surface area contributed by atoms with E-state index in [-0.39, 0.29) is 24.3 Å². The molecule has 2 aromatic carbocycles. The molecule has 0 bridgehead atoms. The number of benzene rings is 2. The van der Waals surface area contributed by atoms with E-state index in [1.807, 2.05) is 19.9 Å². The van der Waals surface area contributed by atoms with Gasteiger partial charge in [-0.25, -0.2) is 0 Å². The van der Waals surface area contributed by atoms with Crippen molar-refractivity contribution in [3.05, 3.63) is 65.7 Å². The fourth-order valence-corrected chi connectivity index (χ4v) is 2.34. The average Bonchev–Trinajstić information content (AvgIpc) is 2.66. The summed E-state index contributed by atoms with van der Waals surface area (Å²) in [7, 11) is 0. The van der Waals surface area contributed by atoms with E-state index < -0.39 is 6.10 Å². The molecule has 2 atom stereocenters. The van der Waals surface area contributed by atoms with E-state index in [2.05, 4.69) is 10.6 Å². The molecule has 0 aliphatic rings. The van der Waals surface area contributed by atoms with Gasteiger partial charge in [0.1, 0.15) is 0 Å². The third kappa shape index (κ3) is 5.16. The number of rotatable bonds is 7. The van der Waals surface area contributed by atoms with Gasteiger partial charge in [0, 0.05) is 12.1 Å². The summed E-state index contributed by atoms with van der Waals surface area (Å²) in [4.78, 5) is 24.7. The van der Waals surface area contributed by atoms with Gasteiger partial charge in [0.05, 0.1) is 17.4 Å². The molecule has 3 N–H and O–H groups in total. The summed E-state index contributed by atoms with van der Waals surface area (Å²) in [6.07, 6.45) is 0.237. The molecule has 2 unspecified atom stereocenters.